The summed E-state index contributed by atoms with van der Waals surface area (Å²) in [5, 5.41) is 5.85. The van der Waals surface area contributed by atoms with Gasteiger partial charge in [0.25, 0.3) is 5.91 Å². The number of nitrogens with zero attached hydrogens (tertiary/aromatic N) is 1. The van der Waals surface area contributed by atoms with Gasteiger partial charge in [0, 0.05) is 11.6 Å². The van der Waals surface area contributed by atoms with Crippen molar-refractivity contribution in [2.75, 3.05) is 6.54 Å². The van der Waals surface area contributed by atoms with Crippen LogP contribution in [0.2, 0.25) is 5.02 Å². The zero-order valence-electron chi connectivity index (χ0n) is 15.2. The number of carbonyl (C=O) groups excluding carboxylic acids is 3. The van der Waals surface area contributed by atoms with Crippen molar-refractivity contribution in [1.82, 2.24) is 15.5 Å². The summed E-state index contributed by atoms with van der Waals surface area (Å²) in [4.78, 5) is 38.5. The Morgan fingerprint density at radius 3 is 2.39 bits per heavy atom. The highest BCUT2D eigenvalue weighted by molar-refractivity contribution is 6.30. The van der Waals surface area contributed by atoms with E-state index in [1.54, 1.807) is 43.3 Å². The number of imide groups is 1. The second-order valence-electron chi connectivity index (χ2n) is 6.49. The molecule has 8 heteroatoms. The molecule has 1 aliphatic rings. The maximum atomic E-state index is 13.0. The van der Waals surface area contributed by atoms with Crippen LogP contribution >= 0.6 is 11.6 Å². The molecule has 4 amide bonds. The number of benzene rings is 2. The fourth-order valence-corrected chi connectivity index (χ4v) is 3.27. The van der Waals surface area contributed by atoms with Crippen LogP contribution in [0.4, 0.5) is 9.18 Å². The van der Waals surface area contributed by atoms with Gasteiger partial charge < -0.3 is 10.6 Å². The maximum Gasteiger partial charge on any atom is 0.325 e. The van der Waals surface area contributed by atoms with Gasteiger partial charge in [0.15, 0.2) is 0 Å². The summed E-state index contributed by atoms with van der Waals surface area (Å²) in [6.45, 7) is 1.55. The Balaban J connectivity index is 1.69. The summed E-state index contributed by atoms with van der Waals surface area (Å²) < 4.78 is 12.9. The number of rotatable bonds is 6. The van der Waals surface area contributed by atoms with Gasteiger partial charge in [-0.2, -0.15) is 0 Å². The van der Waals surface area contributed by atoms with Gasteiger partial charge in [-0.3, -0.25) is 14.5 Å². The van der Waals surface area contributed by atoms with Crippen LogP contribution < -0.4 is 10.6 Å². The lowest BCUT2D eigenvalue weighted by atomic mass is 9.87. The quantitative estimate of drug-likeness (QED) is 0.728. The summed E-state index contributed by atoms with van der Waals surface area (Å²) in [7, 11) is 0. The molecule has 2 aromatic carbocycles. The average molecular weight is 404 g/mol. The molecule has 2 N–H and O–H groups in total. The summed E-state index contributed by atoms with van der Waals surface area (Å²) in [5.41, 5.74) is 0.0850. The first-order valence-corrected chi connectivity index (χ1v) is 9.15. The van der Waals surface area contributed by atoms with Gasteiger partial charge in [-0.25, -0.2) is 9.18 Å². The average Bonchev–Trinajstić information content (AvgIpc) is 2.93. The molecule has 0 bridgehead atoms. The van der Waals surface area contributed by atoms with Crippen LogP contribution in [0.25, 0.3) is 0 Å². The summed E-state index contributed by atoms with van der Waals surface area (Å²) in [6, 6.07) is 11.7. The van der Waals surface area contributed by atoms with Gasteiger partial charge in [-0.1, -0.05) is 42.8 Å². The van der Waals surface area contributed by atoms with Gasteiger partial charge in [0.1, 0.15) is 17.9 Å². The Labute approximate surface area is 166 Å². The molecule has 28 heavy (non-hydrogen) atoms. The third-order valence-electron chi connectivity index (χ3n) is 4.75. The zero-order chi connectivity index (χ0) is 20.3. The van der Waals surface area contributed by atoms with Crippen molar-refractivity contribution in [3.63, 3.8) is 0 Å². The van der Waals surface area contributed by atoms with Crippen LogP contribution in [0, 0.1) is 5.82 Å². The number of amides is 4. The third kappa shape index (κ3) is 3.84. The van der Waals surface area contributed by atoms with Crippen molar-refractivity contribution in [3.8, 4) is 0 Å². The van der Waals surface area contributed by atoms with E-state index in [1.807, 2.05) is 0 Å². The molecule has 1 heterocycles. The zero-order valence-corrected chi connectivity index (χ0v) is 15.9. The molecule has 1 unspecified atom stereocenters. The summed E-state index contributed by atoms with van der Waals surface area (Å²) >= 11 is 5.91. The molecule has 1 saturated heterocycles. The Kier molecular flexibility index (Phi) is 5.65. The minimum Gasteiger partial charge on any atom is -0.350 e. The topological polar surface area (TPSA) is 78.5 Å². The van der Waals surface area contributed by atoms with E-state index in [4.69, 9.17) is 11.6 Å². The smallest absolute Gasteiger partial charge is 0.325 e. The summed E-state index contributed by atoms with van der Waals surface area (Å²) in [6.07, 6.45) is 0.326. The van der Waals surface area contributed by atoms with E-state index in [-0.39, 0.29) is 12.4 Å². The van der Waals surface area contributed by atoms with E-state index in [1.165, 1.54) is 12.1 Å². The van der Waals surface area contributed by atoms with Crippen molar-refractivity contribution in [1.29, 1.82) is 0 Å². The van der Waals surface area contributed by atoms with E-state index < -0.39 is 29.9 Å². The monoisotopic (exact) mass is 403 g/mol. The van der Waals surface area contributed by atoms with Crippen molar-refractivity contribution in [2.45, 2.75) is 25.4 Å². The predicted octanol–water partition coefficient (Wildman–Crippen LogP) is 2.95. The molecule has 1 atom stereocenters. The van der Waals surface area contributed by atoms with Gasteiger partial charge in [0.05, 0.1) is 0 Å². The second kappa shape index (κ2) is 7.98. The molecule has 1 aliphatic heterocycles. The first-order chi connectivity index (χ1) is 13.4. The Morgan fingerprint density at radius 2 is 1.79 bits per heavy atom. The van der Waals surface area contributed by atoms with Crippen LogP contribution in [-0.2, 0) is 21.7 Å². The molecule has 0 radical (unpaired) electrons. The Hall–Kier alpha value is -2.93. The molecule has 3 rings (SSSR count). The highest BCUT2D eigenvalue weighted by Gasteiger charge is 2.51. The number of halogens is 2. The highest BCUT2D eigenvalue weighted by Crippen LogP contribution is 2.32. The molecule has 0 aliphatic carbocycles. The third-order valence-corrected chi connectivity index (χ3v) is 5.00. The maximum absolute atomic E-state index is 13.0. The molecule has 0 spiro atoms. The van der Waals surface area contributed by atoms with Gasteiger partial charge in [-0.05, 0) is 41.8 Å². The SMILES string of the molecule is CCC1(c2ccc(Cl)cc2)NC(=O)N(CC(=O)NCc2ccc(F)cc2)C1=O. The Morgan fingerprint density at radius 1 is 1.14 bits per heavy atom. The van der Waals surface area contributed by atoms with Crippen LogP contribution in [0.15, 0.2) is 48.5 Å². The minimum atomic E-state index is -1.22. The van der Waals surface area contributed by atoms with Crippen molar-refractivity contribution >= 4 is 29.4 Å². The fourth-order valence-electron chi connectivity index (χ4n) is 3.15. The van der Waals surface area contributed by atoms with Crippen molar-refractivity contribution < 1.29 is 18.8 Å². The van der Waals surface area contributed by atoms with E-state index in [2.05, 4.69) is 10.6 Å². The van der Waals surface area contributed by atoms with E-state index in [9.17, 15) is 18.8 Å². The van der Waals surface area contributed by atoms with Gasteiger partial charge >= 0.3 is 6.03 Å². The van der Waals surface area contributed by atoms with Crippen molar-refractivity contribution in [2.24, 2.45) is 0 Å². The molecule has 2 aromatic rings. The predicted molar refractivity (Wildman–Crippen MR) is 102 cm³/mol. The lowest BCUT2D eigenvalue weighted by Gasteiger charge is -2.25. The molecule has 1 fully saturated rings. The molecule has 146 valence electrons. The summed E-state index contributed by atoms with van der Waals surface area (Å²) in [5.74, 6) is -1.34. The molecule has 0 saturated carbocycles. The number of carbonyl (C=O) groups is 3. The Bertz CT molecular complexity index is 902. The van der Waals surface area contributed by atoms with Gasteiger partial charge in [-0.15, -0.1) is 0 Å². The lowest BCUT2D eigenvalue weighted by molar-refractivity contribution is -0.135. The largest absolute Gasteiger partial charge is 0.350 e. The van der Waals surface area contributed by atoms with Crippen LogP contribution in [0.1, 0.15) is 24.5 Å². The van der Waals surface area contributed by atoms with Crippen LogP contribution in [0.3, 0.4) is 0 Å². The lowest BCUT2D eigenvalue weighted by Crippen LogP contribution is -2.44. The first-order valence-electron chi connectivity index (χ1n) is 8.77. The molecule has 6 nitrogen and oxygen atoms in total. The first kappa shape index (κ1) is 19.8. The van der Waals surface area contributed by atoms with Crippen molar-refractivity contribution in [3.05, 3.63) is 70.5 Å². The van der Waals surface area contributed by atoms with Crippen LogP contribution in [0.5, 0.6) is 0 Å². The second-order valence-corrected chi connectivity index (χ2v) is 6.93. The van der Waals surface area contributed by atoms with Crippen LogP contribution in [-0.4, -0.2) is 29.3 Å². The normalized spacial score (nSPS) is 18.9. The number of hydrogen-bond acceptors (Lipinski definition) is 3. The number of urea groups is 1. The van der Waals surface area contributed by atoms with E-state index in [0.29, 0.717) is 22.6 Å². The van der Waals surface area contributed by atoms with E-state index >= 15 is 0 Å². The molecular weight excluding hydrogens is 385 g/mol. The molecule has 0 aromatic heterocycles. The van der Waals surface area contributed by atoms with E-state index in [0.717, 1.165) is 4.90 Å². The number of hydrogen-bond donors (Lipinski definition) is 2. The highest BCUT2D eigenvalue weighted by atomic mass is 35.5. The standard InChI is InChI=1S/C20H19ClFN3O3/c1-2-20(14-5-7-15(21)8-6-14)18(27)25(19(28)24-20)12-17(26)23-11-13-3-9-16(22)10-4-13/h3-10H,2,11-12H2,1H3,(H,23,26)(H,24,28). The molecular formula is C20H19ClFN3O3. The van der Waals surface area contributed by atoms with Gasteiger partial charge in [0.2, 0.25) is 5.91 Å². The minimum absolute atomic E-state index is 0.166. The number of nitrogens with one attached hydrogen (secondary N) is 2. The fraction of sp³-hybridized carbons (Fsp3) is 0.250.